The zero-order valence-electron chi connectivity index (χ0n) is 24.4. The normalized spacial score (nSPS) is 17.8. The van der Waals surface area contributed by atoms with Gasteiger partial charge in [0.25, 0.3) is 5.91 Å². The molecule has 5 nitrogen and oxygen atoms in total. The Labute approximate surface area is 249 Å². The number of likely N-dealkylation sites (tertiary alicyclic amines) is 2. The van der Waals surface area contributed by atoms with Gasteiger partial charge in [-0.3, -0.25) is 4.79 Å². The molecule has 1 aromatic heterocycles. The minimum atomic E-state index is 0.0860. The average molecular weight is 555 g/mol. The molecule has 3 aromatic carbocycles. The fraction of sp³-hybridized carbons (Fsp3) is 0.324. The van der Waals surface area contributed by atoms with Crippen molar-refractivity contribution in [3.05, 3.63) is 108 Å². The molecular formula is C37H38N4O. The molecule has 4 aromatic rings. The summed E-state index contributed by atoms with van der Waals surface area (Å²) in [5.74, 6) is 0.203. The van der Waals surface area contributed by atoms with E-state index >= 15 is 0 Å². The molecule has 0 radical (unpaired) electrons. The van der Waals surface area contributed by atoms with Crippen molar-refractivity contribution in [1.29, 1.82) is 5.26 Å². The van der Waals surface area contributed by atoms with Crippen LogP contribution in [0.25, 0.3) is 27.6 Å². The fourth-order valence-electron chi connectivity index (χ4n) is 6.74. The lowest BCUT2D eigenvalue weighted by molar-refractivity contribution is 0.0710. The standard InChI is InChI=1S/C37H38N4O/c1-3-32(29-10-5-4-6-11-29)26(2)36-23-34(37(42)41-21-9-12-31(41)25-40-19-7-8-20-40)33-22-30(17-18-35(33)39-36)28-15-13-27(24-38)14-16-28/h4-6,10-11,13-18,22-23,31-32H,2-3,7-9,12,19-21,25H2,1H3/t31-,32+/m0/s1. The number of rotatable bonds is 8. The van der Waals surface area contributed by atoms with Crippen molar-refractivity contribution in [2.24, 2.45) is 0 Å². The second-order valence-corrected chi connectivity index (χ2v) is 11.7. The van der Waals surface area contributed by atoms with E-state index in [1.54, 1.807) is 0 Å². The maximum absolute atomic E-state index is 14.5. The summed E-state index contributed by atoms with van der Waals surface area (Å²) in [4.78, 5) is 24.2. The van der Waals surface area contributed by atoms with E-state index in [1.807, 2.05) is 42.5 Å². The van der Waals surface area contributed by atoms with Crippen molar-refractivity contribution in [2.75, 3.05) is 26.2 Å². The smallest absolute Gasteiger partial charge is 0.254 e. The Hall–Kier alpha value is -4.27. The van der Waals surface area contributed by atoms with Crippen LogP contribution in [0.1, 0.15) is 72.1 Å². The molecule has 0 aliphatic carbocycles. The second kappa shape index (κ2) is 12.3. The lowest BCUT2D eigenvalue weighted by Crippen LogP contribution is -2.42. The van der Waals surface area contributed by atoms with E-state index in [0.29, 0.717) is 11.1 Å². The van der Waals surface area contributed by atoms with Crippen molar-refractivity contribution in [1.82, 2.24) is 14.8 Å². The summed E-state index contributed by atoms with van der Waals surface area (Å²) in [6.07, 6.45) is 5.48. The van der Waals surface area contributed by atoms with Gasteiger partial charge >= 0.3 is 0 Å². The van der Waals surface area contributed by atoms with Crippen LogP contribution in [0, 0.1) is 11.3 Å². The van der Waals surface area contributed by atoms with Gasteiger partial charge in [-0.25, -0.2) is 4.98 Å². The molecule has 2 aliphatic heterocycles. The summed E-state index contributed by atoms with van der Waals surface area (Å²) < 4.78 is 0. The van der Waals surface area contributed by atoms with E-state index in [2.05, 4.69) is 65.8 Å². The quantitative estimate of drug-likeness (QED) is 0.224. The molecule has 0 unspecified atom stereocenters. The molecule has 212 valence electrons. The molecule has 0 bridgehead atoms. The summed E-state index contributed by atoms with van der Waals surface area (Å²) in [5, 5.41) is 10.1. The van der Waals surface area contributed by atoms with Gasteiger partial charge in [-0.1, -0.05) is 62.0 Å². The zero-order chi connectivity index (χ0) is 29.1. The molecule has 2 aliphatic rings. The Morgan fingerprint density at radius 2 is 1.71 bits per heavy atom. The third kappa shape index (κ3) is 5.60. The van der Waals surface area contributed by atoms with Crippen molar-refractivity contribution in [3.8, 4) is 17.2 Å². The molecule has 6 rings (SSSR count). The van der Waals surface area contributed by atoms with Gasteiger partial charge in [0.2, 0.25) is 0 Å². The van der Waals surface area contributed by atoms with Gasteiger partial charge in [0.1, 0.15) is 0 Å². The predicted octanol–water partition coefficient (Wildman–Crippen LogP) is 7.68. The van der Waals surface area contributed by atoms with Gasteiger partial charge in [-0.2, -0.15) is 5.26 Å². The van der Waals surface area contributed by atoms with E-state index < -0.39 is 0 Å². The SMILES string of the molecule is C=C(c1cc(C(=O)N2CCC[C@H]2CN2CCCC2)c2cc(-c3ccc(C#N)cc3)ccc2n1)[C@@H](CC)c1ccccc1. The van der Waals surface area contributed by atoms with Crippen LogP contribution in [0.4, 0.5) is 0 Å². The van der Waals surface area contributed by atoms with Crippen molar-refractivity contribution in [3.63, 3.8) is 0 Å². The number of carbonyl (C=O) groups is 1. The van der Waals surface area contributed by atoms with Gasteiger partial charge in [-0.05, 0) is 97.8 Å². The lowest BCUT2D eigenvalue weighted by Gasteiger charge is -2.29. The number of amides is 1. The predicted molar refractivity (Wildman–Crippen MR) is 170 cm³/mol. The zero-order valence-corrected chi connectivity index (χ0v) is 24.4. The van der Waals surface area contributed by atoms with Crippen LogP contribution in [0.3, 0.4) is 0 Å². The molecule has 0 spiro atoms. The van der Waals surface area contributed by atoms with Gasteiger partial charge in [-0.15, -0.1) is 0 Å². The maximum atomic E-state index is 14.5. The van der Waals surface area contributed by atoms with Gasteiger partial charge in [0, 0.05) is 30.4 Å². The highest BCUT2D eigenvalue weighted by atomic mass is 16.2. The van der Waals surface area contributed by atoms with E-state index in [1.165, 1.54) is 18.4 Å². The van der Waals surface area contributed by atoms with Crippen LogP contribution >= 0.6 is 0 Å². The maximum Gasteiger partial charge on any atom is 0.254 e. The molecule has 0 N–H and O–H groups in total. The number of pyridine rings is 1. The Bertz CT molecular complexity index is 1630. The Kier molecular flexibility index (Phi) is 8.17. The summed E-state index contributed by atoms with van der Waals surface area (Å²) in [6, 6.07) is 28.6. The molecule has 3 heterocycles. The first-order chi connectivity index (χ1) is 20.6. The largest absolute Gasteiger partial charge is 0.334 e. The van der Waals surface area contributed by atoms with Crippen molar-refractivity contribution < 1.29 is 4.79 Å². The van der Waals surface area contributed by atoms with Crippen LogP contribution in [-0.2, 0) is 0 Å². The number of carbonyl (C=O) groups excluding carboxylic acids is 1. The minimum Gasteiger partial charge on any atom is -0.334 e. The van der Waals surface area contributed by atoms with Crippen LogP contribution < -0.4 is 0 Å². The van der Waals surface area contributed by atoms with Crippen LogP contribution in [0.15, 0.2) is 85.4 Å². The first-order valence-corrected chi connectivity index (χ1v) is 15.3. The summed E-state index contributed by atoms with van der Waals surface area (Å²) in [6.45, 7) is 10.7. The fourth-order valence-corrected chi connectivity index (χ4v) is 6.74. The molecule has 5 heteroatoms. The Morgan fingerprint density at radius 3 is 2.43 bits per heavy atom. The third-order valence-electron chi connectivity index (χ3n) is 9.05. The second-order valence-electron chi connectivity index (χ2n) is 11.7. The molecule has 2 atom stereocenters. The first-order valence-electron chi connectivity index (χ1n) is 15.3. The lowest BCUT2D eigenvalue weighted by atomic mass is 9.87. The minimum absolute atomic E-state index is 0.0860. The Morgan fingerprint density at radius 1 is 0.976 bits per heavy atom. The number of fused-ring (bicyclic) bond motifs is 1. The average Bonchev–Trinajstić information content (AvgIpc) is 3.73. The molecule has 1 amide bonds. The highest BCUT2D eigenvalue weighted by Gasteiger charge is 2.33. The highest BCUT2D eigenvalue weighted by molar-refractivity contribution is 6.08. The molecule has 0 saturated carbocycles. The van der Waals surface area contributed by atoms with Gasteiger partial charge in [0.05, 0.1) is 28.4 Å². The number of allylic oxidation sites excluding steroid dienone is 1. The monoisotopic (exact) mass is 554 g/mol. The summed E-state index contributed by atoms with van der Waals surface area (Å²) in [5.41, 5.74) is 7.05. The van der Waals surface area contributed by atoms with E-state index in [4.69, 9.17) is 4.98 Å². The molecule has 2 saturated heterocycles. The number of benzene rings is 3. The van der Waals surface area contributed by atoms with Gasteiger partial charge < -0.3 is 9.80 Å². The van der Waals surface area contributed by atoms with Crippen LogP contribution in [0.2, 0.25) is 0 Å². The molecule has 2 fully saturated rings. The third-order valence-corrected chi connectivity index (χ3v) is 9.05. The summed E-state index contributed by atoms with van der Waals surface area (Å²) >= 11 is 0. The molecular weight excluding hydrogens is 516 g/mol. The van der Waals surface area contributed by atoms with Crippen molar-refractivity contribution in [2.45, 2.75) is 51.0 Å². The molecule has 42 heavy (non-hydrogen) atoms. The van der Waals surface area contributed by atoms with Crippen LogP contribution in [0.5, 0.6) is 0 Å². The first kappa shape index (κ1) is 27.9. The van der Waals surface area contributed by atoms with E-state index in [9.17, 15) is 10.1 Å². The van der Waals surface area contributed by atoms with E-state index in [0.717, 1.165) is 78.7 Å². The van der Waals surface area contributed by atoms with E-state index in [-0.39, 0.29) is 17.9 Å². The highest BCUT2D eigenvalue weighted by Crippen LogP contribution is 2.36. The number of hydrogen-bond donors (Lipinski definition) is 0. The van der Waals surface area contributed by atoms with Gasteiger partial charge in [0.15, 0.2) is 0 Å². The van der Waals surface area contributed by atoms with Crippen LogP contribution in [-0.4, -0.2) is 52.9 Å². The number of nitriles is 1. The number of hydrogen-bond acceptors (Lipinski definition) is 4. The van der Waals surface area contributed by atoms with Crippen molar-refractivity contribution >= 4 is 22.4 Å². The summed E-state index contributed by atoms with van der Waals surface area (Å²) in [7, 11) is 0. The number of aromatic nitrogens is 1. The Balaban J connectivity index is 1.43. The number of nitrogens with zero attached hydrogens (tertiary/aromatic N) is 4. The topological polar surface area (TPSA) is 60.2 Å².